The van der Waals surface area contributed by atoms with Gasteiger partial charge in [-0.2, -0.15) is 4.98 Å². The standard InChI is InChI=1S/C17H15FN3O3P/c18-12-5-1-11(2-6-12)16(23)19-14(9-22)17-20-15(21-24-17)10-3-7-13(25)8-4-10/h1-8,14,22H,9,25H2,(H,19,23)/t14-/m0/s1. The van der Waals surface area contributed by atoms with E-state index in [4.69, 9.17) is 4.52 Å². The summed E-state index contributed by atoms with van der Waals surface area (Å²) < 4.78 is 18.1. The second-order valence-corrected chi connectivity index (χ2v) is 5.96. The van der Waals surface area contributed by atoms with Crippen LogP contribution in [-0.4, -0.2) is 27.8 Å². The fraction of sp³-hybridized carbons (Fsp3) is 0.118. The van der Waals surface area contributed by atoms with E-state index in [0.717, 1.165) is 10.9 Å². The number of halogens is 1. The third kappa shape index (κ3) is 4.07. The summed E-state index contributed by atoms with van der Waals surface area (Å²) in [6.07, 6.45) is 0. The Kier molecular flexibility index (Phi) is 5.16. The van der Waals surface area contributed by atoms with Gasteiger partial charge < -0.3 is 14.9 Å². The lowest BCUT2D eigenvalue weighted by Gasteiger charge is -2.12. The lowest BCUT2D eigenvalue weighted by Crippen LogP contribution is -2.31. The van der Waals surface area contributed by atoms with Gasteiger partial charge in [0.2, 0.25) is 5.82 Å². The largest absolute Gasteiger partial charge is 0.394 e. The second-order valence-electron chi connectivity index (χ2n) is 5.29. The summed E-state index contributed by atoms with van der Waals surface area (Å²) in [6.45, 7) is -0.418. The van der Waals surface area contributed by atoms with Crippen LogP contribution in [0.3, 0.4) is 0 Å². The normalized spacial score (nSPS) is 12.0. The first-order valence-corrected chi connectivity index (χ1v) is 8.01. The van der Waals surface area contributed by atoms with Crippen molar-refractivity contribution in [3.05, 3.63) is 65.8 Å². The number of carbonyl (C=O) groups is 1. The minimum absolute atomic E-state index is 0.0860. The van der Waals surface area contributed by atoms with Crippen molar-refractivity contribution in [2.45, 2.75) is 6.04 Å². The fourth-order valence-electron chi connectivity index (χ4n) is 2.15. The molecule has 0 saturated carbocycles. The minimum Gasteiger partial charge on any atom is -0.394 e. The highest BCUT2D eigenvalue weighted by atomic mass is 31.0. The zero-order valence-electron chi connectivity index (χ0n) is 13.0. The Hall–Kier alpha value is -2.63. The summed E-state index contributed by atoms with van der Waals surface area (Å²) >= 11 is 0. The highest BCUT2D eigenvalue weighted by Crippen LogP contribution is 2.18. The van der Waals surface area contributed by atoms with Gasteiger partial charge in [0.15, 0.2) is 0 Å². The molecule has 128 valence electrons. The van der Waals surface area contributed by atoms with Crippen molar-refractivity contribution in [2.24, 2.45) is 0 Å². The van der Waals surface area contributed by atoms with Gasteiger partial charge in [-0.3, -0.25) is 4.79 Å². The van der Waals surface area contributed by atoms with Gasteiger partial charge in [-0.1, -0.05) is 29.4 Å². The molecule has 0 spiro atoms. The number of hydrogen-bond acceptors (Lipinski definition) is 5. The zero-order chi connectivity index (χ0) is 17.8. The molecule has 0 aliphatic carbocycles. The number of carbonyl (C=O) groups excluding carboxylic acids is 1. The van der Waals surface area contributed by atoms with Crippen LogP contribution in [0.25, 0.3) is 11.4 Å². The molecule has 2 aromatic carbocycles. The molecule has 25 heavy (non-hydrogen) atoms. The SMILES string of the molecule is O=C(N[C@@H](CO)c1nc(-c2ccc(P)cc2)no1)c1ccc(F)cc1. The van der Waals surface area contributed by atoms with E-state index < -0.39 is 24.4 Å². The molecule has 0 aliphatic rings. The van der Waals surface area contributed by atoms with Crippen LogP contribution in [0, 0.1) is 5.82 Å². The van der Waals surface area contributed by atoms with E-state index >= 15 is 0 Å². The number of nitrogens with one attached hydrogen (secondary N) is 1. The van der Waals surface area contributed by atoms with Crippen LogP contribution in [0.15, 0.2) is 53.1 Å². The first kappa shape index (κ1) is 17.2. The summed E-state index contributed by atoms with van der Waals surface area (Å²) in [4.78, 5) is 16.4. The molecule has 0 bridgehead atoms. The number of amides is 1. The van der Waals surface area contributed by atoms with Crippen molar-refractivity contribution < 1.29 is 18.8 Å². The van der Waals surface area contributed by atoms with Crippen LogP contribution < -0.4 is 10.6 Å². The first-order chi connectivity index (χ1) is 12.1. The molecule has 3 aromatic rings. The Balaban J connectivity index is 1.76. The highest BCUT2D eigenvalue weighted by molar-refractivity contribution is 7.27. The van der Waals surface area contributed by atoms with Crippen LogP contribution in [0.2, 0.25) is 0 Å². The monoisotopic (exact) mass is 359 g/mol. The van der Waals surface area contributed by atoms with Gasteiger partial charge in [-0.25, -0.2) is 4.39 Å². The minimum atomic E-state index is -0.861. The molecule has 2 N–H and O–H groups in total. The Bertz CT molecular complexity index is 866. The topological polar surface area (TPSA) is 88.2 Å². The summed E-state index contributed by atoms with van der Waals surface area (Å²) in [5, 5.41) is 17.0. The molecule has 1 heterocycles. The van der Waals surface area contributed by atoms with Crippen LogP contribution >= 0.6 is 9.24 Å². The number of rotatable bonds is 5. The molecule has 0 fully saturated rings. The number of aliphatic hydroxyl groups is 1. The van der Waals surface area contributed by atoms with Gasteiger partial charge in [-0.15, -0.1) is 9.24 Å². The Morgan fingerprint density at radius 3 is 2.52 bits per heavy atom. The number of benzene rings is 2. The van der Waals surface area contributed by atoms with Gasteiger partial charge in [0.1, 0.15) is 11.9 Å². The lowest BCUT2D eigenvalue weighted by molar-refractivity contribution is 0.0901. The predicted molar refractivity (Wildman–Crippen MR) is 92.8 cm³/mol. The summed E-state index contributed by atoms with van der Waals surface area (Å²) in [6, 6.07) is 11.6. The van der Waals surface area contributed by atoms with Gasteiger partial charge in [-0.05, 0) is 29.6 Å². The Labute approximate surface area is 145 Å². The maximum absolute atomic E-state index is 12.9. The van der Waals surface area contributed by atoms with Gasteiger partial charge in [0, 0.05) is 11.1 Å². The van der Waals surface area contributed by atoms with E-state index in [-0.39, 0.29) is 11.5 Å². The second kappa shape index (κ2) is 7.51. The highest BCUT2D eigenvalue weighted by Gasteiger charge is 2.21. The van der Waals surface area contributed by atoms with Crippen molar-refractivity contribution in [3.63, 3.8) is 0 Å². The van der Waals surface area contributed by atoms with Crippen LogP contribution in [0.5, 0.6) is 0 Å². The molecule has 6 nitrogen and oxygen atoms in total. The van der Waals surface area contributed by atoms with E-state index in [1.165, 1.54) is 24.3 Å². The van der Waals surface area contributed by atoms with Crippen LogP contribution in [-0.2, 0) is 0 Å². The third-order valence-corrected chi connectivity index (χ3v) is 3.89. The molecule has 1 unspecified atom stereocenters. The number of nitrogens with zero attached hydrogens (tertiary/aromatic N) is 2. The van der Waals surface area contributed by atoms with Crippen LogP contribution in [0.4, 0.5) is 4.39 Å². The summed E-state index contributed by atoms with van der Waals surface area (Å²) in [5.41, 5.74) is 1.01. The van der Waals surface area contributed by atoms with Crippen molar-refractivity contribution in [3.8, 4) is 11.4 Å². The van der Waals surface area contributed by atoms with Crippen molar-refractivity contribution >= 4 is 20.5 Å². The molecule has 3 rings (SSSR count). The van der Waals surface area contributed by atoms with Crippen LogP contribution in [0.1, 0.15) is 22.3 Å². The average Bonchev–Trinajstić information content (AvgIpc) is 3.10. The summed E-state index contributed by atoms with van der Waals surface area (Å²) in [7, 11) is 2.58. The molecule has 0 radical (unpaired) electrons. The van der Waals surface area contributed by atoms with Crippen molar-refractivity contribution in [1.82, 2.24) is 15.5 Å². The maximum atomic E-state index is 12.9. The molecule has 1 aromatic heterocycles. The number of aromatic nitrogens is 2. The molecular weight excluding hydrogens is 344 g/mol. The fourth-order valence-corrected chi connectivity index (χ4v) is 2.35. The van der Waals surface area contributed by atoms with E-state index in [1.807, 2.05) is 24.3 Å². The number of aliphatic hydroxyl groups excluding tert-OH is 1. The molecular formula is C17H15FN3O3P. The van der Waals surface area contributed by atoms with E-state index in [9.17, 15) is 14.3 Å². The molecule has 2 atom stereocenters. The molecule has 0 saturated heterocycles. The van der Waals surface area contributed by atoms with E-state index in [0.29, 0.717) is 5.82 Å². The Morgan fingerprint density at radius 2 is 1.88 bits per heavy atom. The average molecular weight is 359 g/mol. The zero-order valence-corrected chi connectivity index (χ0v) is 14.2. The van der Waals surface area contributed by atoms with E-state index in [1.54, 1.807) is 0 Å². The predicted octanol–water partition coefficient (Wildman–Crippen LogP) is 1.84. The van der Waals surface area contributed by atoms with Crippen molar-refractivity contribution in [2.75, 3.05) is 6.61 Å². The molecule has 0 aliphatic heterocycles. The molecule has 8 heteroatoms. The lowest BCUT2D eigenvalue weighted by atomic mass is 10.2. The molecule has 1 amide bonds. The third-order valence-electron chi connectivity index (χ3n) is 3.50. The quantitative estimate of drug-likeness (QED) is 0.679. The van der Waals surface area contributed by atoms with Gasteiger partial charge in [0.25, 0.3) is 11.8 Å². The smallest absolute Gasteiger partial charge is 0.251 e. The van der Waals surface area contributed by atoms with Crippen molar-refractivity contribution in [1.29, 1.82) is 0 Å². The summed E-state index contributed by atoms with van der Waals surface area (Å²) in [5.74, 6) is -0.475. The Morgan fingerprint density at radius 1 is 1.20 bits per heavy atom. The van der Waals surface area contributed by atoms with Gasteiger partial charge >= 0.3 is 0 Å². The first-order valence-electron chi connectivity index (χ1n) is 7.43. The van der Waals surface area contributed by atoms with E-state index in [2.05, 4.69) is 24.7 Å². The number of hydrogen-bond donors (Lipinski definition) is 2. The maximum Gasteiger partial charge on any atom is 0.251 e. The van der Waals surface area contributed by atoms with Gasteiger partial charge in [0.05, 0.1) is 6.61 Å².